The zero-order valence-electron chi connectivity index (χ0n) is 27.4. The predicted octanol–water partition coefficient (Wildman–Crippen LogP) is 0.0658. The molecule has 15 nitrogen and oxygen atoms in total. The minimum absolute atomic E-state index is 0.0311. The van der Waals surface area contributed by atoms with Gasteiger partial charge in [0.2, 0.25) is 33.7 Å². The van der Waals surface area contributed by atoms with Crippen LogP contribution < -0.4 is 15.4 Å². The number of ether oxygens (including phenoxy) is 1. The number of amides is 6. The number of carbonyl (C=O) groups excluding carboxylic acids is 6. The third-order valence-corrected chi connectivity index (χ3v) is 11.9. The normalized spacial score (nSPS) is 26.2. The molecule has 0 bridgehead atoms. The fourth-order valence-corrected chi connectivity index (χ4v) is 8.30. The standard InChI is InChI=1S/C33H39FN6O9S/c1-4-21-12-33(21,31(45)37-50(47,48)23-9-10-23)36-29(43)26-11-22(49-32(46)39-13-19-7-6-8-25(34)24(19)17-39)16-40(26)30(44)28(35-18(3)41)20-14-38(15-20)27(42)5-2/h4-8,20-23,26,28H,1-2,9-17H2,3H3,(H,35,41)(H,36,43)(H,37,45)/t21?,22?,26-,28?,33+/m0/s1. The Bertz CT molecular complexity index is 1780. The van der Waals surface area contributed by atoms with Gasteiger partial charge in [0.15, 0.2) is 0 Å². The van der Waals surface area contributed by atoms with Gasteiger partial charge in [-0.15, -0.1) is 6.58 Å². The molecule has 2 saturated heterocycles. The van der Waals surface area contributed by atoms with Crippen molar-refractivity contribution in [2.24, 2.45) is 11.8 Å². The molecule has 6 amide bonds. The van der Waals surface area contributed by atoms with E-state index in [2.05, 4.69) is 28.5 Å². The van der Waals surface area contributed by atoms with E-state index in [-0.39, 0.29) is 51.5 Å². The molecule has 3 unspecified atom stereocenters. The monoisotopic (exact) mass is 714 g/mol. The van der Waals surface area contributed by atoms with Crippen molar-refractivity contribution in [3.8, 4) is 0 Å². The quantitative estimate of drug-likeness (QED) is 0.210. The van der Waals surface area contributed by atoms with Crippen LogP contribution in [0.4, 0.5) is 9.18 Å². The lowest BCUT2D eigenvalue weighted by atomic mass is 9.90. The summed E-state index contributed by atoms with van der Waals surface area (Å²) in [6.07, 6.45) is 1.49. The Labute approximate surface area is 288 Å². The SMILES string of the molecule is C=CC(=O)N1CC(C(NC(C)=O)C(=O)N2CC(OC(=O)N3Cc4cccc(F)c4C3)C[C@H]2C(=O)N[C@]2(C(=O)NS(=O)(=O)C3CC3)CC2C=C)C1. The summed E-state index contributed by atoms with van der Waals surface area (Å²) >= 11 is 0. The smallest absolute Gasteiger partial charge is 0.410 e. The van der Waals surface area contributed by atoms with E-state index in [0.717, 1.165) is 6.08 Å². The van der Waals surface area contributed by atoms with E-state index in [0.29, 0.717) is 24.0 Å². The van der Waals surface area contributed by atoms with Crippen molar-refractivity contribution in [3.63, 3.8) is 0 Å². The summed E-state index contributed by atoms with van der Waals surface area (Å²) in [6, 6.07) is 2.09. The number of halogens is 1. The van der Waals surface area contributed by atoms with Crippen molar-refractivity contribution in [1.82, 2.24) is 30.1 Å². The summed E-state index contributed by atoms with van der Waals surface area (Å²) in [5, 5.41) is 4.61. The first-order valence-electron chi connectivity index (χ1n) is 16.4. The molecule has 0 aromatic heterocycles. The van der Waals surface area contributed by atoms with E-state index >= 15 is 0 Å². The molecule has 5 aliphatic rings. The highest BCUT2D eigenvalue weighted by Crippen LogP contribution is 2.45. The number of benzene rings is 1. The number of carbonyl (C=O) groups is 6. The molecular weight excluding hydrogens is 675 g/mol. The second-order valence-electron chi connectivity index (χ2n) is 13.5. The second-order valence-corrected chi connectivity index (χ2v) is 15.5. The van der Waals surface area contributed by atoms with Crippen LogP contribution in [0.25, 0.3) is 0 Å². The lowest BCUT2D eigenvalue weighted by molar-refractivity contribution is -0.147. The van der Waals surface area contributed by atoms with Crippen molar-refractivity contribution >= 4 is 45.7 Å². The molecule has 268 valence electrons. The van der Waals surface area contributed by atoms with Crippen LogP contribution in [0, 0.1) is 17.7 Å². The van der Waals surface area contributed by atoms with Crippen molar-refractivity contribution in [2.45, 2.75) is 74.7 Å². The van der Waals surface area contributed by atoms with Gasteiger partial charge in [-0.3, -0.25) is 33.6 Å². The van der Waals surface area contributed by atoms with Crippen molar-refractivity contribution in [3.05, 3.63) is 60.5 Å². The van der Waals surface area contributed by atoms with E-state index < -0.39 is 86.4 Å². The molecule has 1 aromatic rings. The number of nitrogens with one attached hydrogen (secondary N) is 3. The fourth-order valence-electron chi connectivity index (χ4n) is 6.93. The Morgan fingerprint density at radius 3 is 2.38 bits per heavy atom. The average molecular weight is 715 g/mol. The largest absolute Gasteiger partial charge is 0.444 e. The summed E-state index contributed by atoms with van der Waals surface area (Å²) in [5.41, 5.74) is -0.647. The minimum Gasteiger partial charge on any atom is -0.444 e. The molecule has 6 rings (SSSR count). The van der Waals surface area contributed by atoms with Gasteiger partial charge in [-0.2, -0.15) is 0 Å². The second kappa shape index (κ2) is 13.2. The van der Waals surface area contributed by atoms with Crippen LogP contribution in [-0.2, 0) is 51.8 Å². The van der Waals surface area contributed by atoms with Gasteiger partial charge in [0.1, 0.15) is 29.5 Å². The highest BCUT2D eigenvalue weighted by Gasteiger charge is 2.62. The average Bonchev–Trinajstić information content (AvgIpc) is 3.93. The van der Waals surface area contributed by atoms with Crippen LogP contribution in [0.1, 0.15) is 43.7 Å². The van der Waals surface area contributed by atoms with Crippen LogP contribution in [0.3, 0.4) is 0 Å². The first kappa shape index (κ1) is 35.0. The topological polar surface area (TPSA) is 192 Å². The maximum Gasteiger partial charge on any atom is 0.410 e. The molecule has 17 heteroatoms. The molecule has 1 aromatic carbocycles. The predicted molar refractivity (Wildman–Crippen MR) is 173 cm³/mol. The Kier molecular flexibility index (Phi) is 9.22. The van der Waals surface area contributed by atoms with E-state index in [4.69, 9.17) is 4.74 Å². The van der Waals surface area contributed by atoms with Gasteiger partial charge in [-0.05, 0) is 37.0 Å². The highest BCUT2D eigenvalue weighted by atomic mass is 32.2. The number of sulfonamides is 1. The van der Waals surface area contributed by atoms with E-state index in [1.54, 1.807) is 6.07 Å². The Morgan fingerprint density at radius 1 is 1.06 bits per heavy atom. The third kappa shape index (κ3) is 6.69. The summed E-state index contributed by atoms with van der Waals surface area (Å²) in [5.74, 6) is -4.81. The van der Waals surface area contributed by atoms with Crippen LogP contribution in [0.2, 0.25) is 0 Å². The Hall–Kier alpha value is -4.80. The van der Waals surface area contributed by atoms with E-state index in [1.165, 1.54) is 39.8 Å². The van der Waals surface area contributed by atoms with Gasteiger partial charge >= 0.3 is 6.09 Å². The fraction of sp³-hybridized carbons (Fsp3) is 0.515. The minimum atomic E-state index is -3.94. The van der Waals surface area contributed by atoms with Gasteiger partial charge < -0.3 is 25.2 Å². The molecular formula is C33H39FN6O9S. The maximum absolute atomic E-state index is 14.4. The van der Waals surface area contributed by atoms with Crippen LogP contribution in [0.15, 0.2) is 43.5 Å². The number of hydrogen-bond donors (Lipinski definition) is 3. The molecule has 2 saturated carbocycles. The van der Waals surface area contributed by atoms with E-state index in [1.807, 2.05) is 0 Å². The van der Waals surface area contributed by atoms with Crippen LogP contribution >= 0.6 is 0 Å². The van der Waals surface area contributed by atoms with Gasteiger partial charge in [-0.1, -0.05) is 24.8 Å². The number of fused-ring (bicyclic) bond motifs is 1. The van der Waals surface area contributed by atoms with Crippen molar-refractivity contribution < 1.29 is 46.3 Å². The summed E-state index contributed by atoms with van der Waals surface area (Å²) in [7, 11) is -3.94. The lowest BCUT2D eigenvalue weighted by Crippen LogP contribution is -2.64. The summed E-state index contributed by atoms with van der Waals surface area (Å²) in [4.78, 5) is 83.1. The first-order chi connectivity index (χ1) is 23.7. The van der Waals surface area contributed by atoms with Gasteiger partial charge in [-0.25, -0.2) is 17.6 Å². The number of rotatable bonds is 11. The maximum atomic E-state index is 14.4. The molecule has 2 aliphatic carbocycles. The molecule has 50 heavy (non-hydrogen) atoms. The van der Waals surface area contributed by atoms with Crippen LogP contribution in [0.5, 0.6) is 0 Å². The zero-order valence-corrected chi connectivity index (χ0v) is 28.2. The van der Waals surface area contributed by atoms with Gasteiger partial charge in [0.05, 0.1) is 18.3 Å². The molecule has 0 spiro atoms. The van der Waals surface area contributed by atoms with Gasteiger partial charge in [0.25, 0.3) is 5.91 Å². The highest BCUT2D eigenvalue weighted by molar-refractivity contribution is 7.91. The summed E-state index contributed by atoms with van der Waals surface area (Å²) in [6.45, 7) is 8.47. The molecule has 4 fully saturated rings. The zero-order chi connectivity index (χ0) is 36.1. The Morgan fingerprint density at radius 2 is 1.78 bits per heavy atom. The molecule has 3 heterocycles. The number of hydrogen-bond acceptors (Lipinski definition) is 9. The van der Waals surface area contributed by atoms with Gasteiger partial charge in [0, 0.05) is 50.4 Å². The third-order valence-electron chi connectivity index (χ3n) is 10.0. The summed E-state index contributed by atoms with van der Waals surface area (Å²) < 4.78 is 47.4. The number of nitrogens with zero attached hydrogens (tertiary/aromatic N) is 3. The first-order valence-corrected chi connectivity index (χ1v) is 17.9. The molecule has 0 radical (unpaired) electrons. The van der Waals surface area contributed by atoms with Crippen molar-refractivity contribution in [1.29, 1.82) is 0 Å². The van der Waals surface area contributed by atoms with Crippen molar-refractivity contribution in [2.75, 3.05) is 19.6 Å². The number of likely N-dealkylation sites (tertiary alicyclic amines) is 2. The van der Waals surface area contributed by atoms with Crippen LogP contribution in [-0.4, -0.2) is 107 Å². The molecule has 3 N–H and O–H groups in total. The lowest BCUT2D eigenvalue weighted by Gasteiger charge is -2.43. The molecule has 5 atom stereocenters. The van der Waals surface area contributed by atoms with E-state index in [9.17, 15) is 41.6 Å². The Balaban J connectivity index is 1.22. The molecule has 3 aliphatic heterocycles.